The van der Waals surface area contributed by atoms with Crippen molar-refractivity contribution in [1.82, 2.24) is 5.32 Å². The van der Waals surface area contributed by atoms with Crippen LogP contribution in [0.5, 0.6) is 5.75 Å². The molecule has 0 amide bonds. The van der Waals surface area contributed by atoms with Crippen molar-refractivity contribution in [2.24, 2.45) is 0 Å². The number of hydrogen-bond acceptors (Lipinski definition) is 3. The van der Waals surface area contributed by atoms with E-state index in [0.29, 0.717) is 30.9 Å². The Bertz CT molecular complexity index is 394. The molecule has 3 heteroatoms. The fourth-order valence-corrected chi connectivity index (χ4v) is 3.01. The molecule has 1 fully saturated rings. The molecule has 1 aliphatic heterocycles. The molecule has 0 bridgehead atoms. The smallest absolute Gasteiger partial charge is 0.119 e. The zero-order valence-electron chi connectivity index (χ0n) is 13.1. The van der Waals surface area contributed by atoms with Crippen LogP contribution in [0.2, 0.25) is 0 Å². The van der Waals surface area contributed by atoms with E-state index in [2.05, 4.69) is 38.2 Å². The minimum Gasteiger partial charge on any atom is -0.494 e. The van der Waals surface area contributed by atoms with Gasteiger partial charge in [0.05, 0.1) is 18.8 Å². The van der Waals surface area contributed by atoms with Crippen LogP contribution in [0.25, 0.3) is 0 Å². The highest BCUT2D eigenvalue weighted by molar-refractivity contribution is 5.29. The predicted octanol–water partition coefficient (Wildman–Crippen LogP) is 3.69. The Morgan fingerprint density at radius 1 is 1.20 bits per heavy atom. The van der Waals surface area contributed by atoms with Gasteiger partial charge in [-0.3, -0.25) is 0 Å². The molecular weight excluding hydrogens is 250 g/mol. The molecule has 112 valence electrons. The molecule has 0 aliphatic carbocycles. The Morgan fingerprint density at radius 2 is 1.80 bits per heavy atom. The maximum absolute atomic E-state index is 5.79. The van der Waals surface area contributed by atoms with E-state index in [1.54, 1.807) is 0 Å². The van der Waals surface area contributed by atoms with Crippen LogP contribution in [-0.2, 0) is 4.74 Å². The lowest BCUT2D eigenvalue weighted by Crippen LogP contribution is -2.42. The van der Waals surface area contributed by atoms with E-state index in [9.17, 15) is 0 Å². The Kier molecular flexibility index (Phi) is 5.44. The van der Waals surface area contributed by atoms with Gasteiger partial charge in [0.1, 0.15) is 5.75 Å². The summed E-state index contributed by atoms with van der Waals surface area (Å²) < 4.78 is 11.3. The van der Waals surface area contributed by atoms with Crippen LogP contribution >= 0.6 is 0 Å². The summed E-state index contributed by atoms with van der Waals surface area (Å²) in [5, 5.41) is 3.73. The van der Waals surface area contributed by atoms with Gasteiger partial charge in [-0.05, 0) is 58.2 Å². The molecule has 1 heterocycles. The topological polar surface area (TPSA) is 30.5 Å². The first kappa shape index (κ1) is 15.3. The average Bonchev–Trinajstić information content (AvgIpc) is 2.38. The van der Waals surface area contributed by atoms with Crippen LogP contribution in [-0.4, -0.2) is 24.9 Å². The zero-order valence-corrected chi connectivity index (χ0v) is 13.1. The summed E-state index contributed by atoms with van der Waals surface area (Å²) in [6.07, 6.45) is 2.88. The third kappa shape index (κ3) is 4.22. The summed E-state index contributed by atoms with van der Waals surface area (Å²) in [5.41, 5.74) is 1.31. The molecule has 3 nitrogen and oxygen atoms in total. The van der Waals surface area contributed by atoms with E-state index in [1.165, 1.54) is 5.56 Å². The SMILES string of the molecule is CCOc1ccc(C(C)NC2CC(C)OC(C)C2)cc1. The molecule has 20 heavy (non-hydrogen) atoms. The van der Waals surface area contributed by atoms with Crippen molar-refractivity contribution in [3.8, 4) is 5.75 Å². The molecule has 1 saturated heterocycles. The number of hydrogen-bond donors (Lipinski definition) is 1. The van der Waals surface area contributed by atoms with E-state index in [0.717, 1.165) is 18.6 Å². The lowest BCUT2D eigenvalue weighted by molar-refractivity contribution is -0.0433. The first-order chi connectivity index (χ1) is 9.58. The van der Waals surface area contributed by atoms with E-state index in [4.69, 9.17) is 9.47 Å². The van der Waals surface area contributed by atoms with Gasteiger partial charge in [0.15, 0.2) is 0 Å². The zero-order chi connectivity index (χ0) is 14.5. The van der Waals surface area contributed by atoms with Crippen molar-refractivity contribution >= 4 is 0 Å². The largest absolute Gasteiger partial charge is 0.494 e. The van der Waals surface area contributed by atoms with Crippen LogP contribution in [0.4, 0.5) is 0 Å². The van der Waals surface area contributed by atoms with Gasteiger partial charge in [0.2, 0.25) is 0 Å². The second kappa shape index (κ2) is 7.09. The van der Waals surface area contributed by atoms with Crippen molar-refractivity contribution in [2.75, 3.05) is 6.61 Å². The average molecular weight is 277 g/mol. The molecule has 1 aromatic rings. The summed E-state index contributed by atoms with van der Waals surface area (Å²) in [6.45, 7) is 9.26. The third-order valence-corrected chi connectivity index (χ3v) is 3.87. The molecule has 3 atom stereocenters. The lowest BCUT2D eigenvalue weighted by Gasteiger charge is -2.34. The first-order valence-electron chi connectivity index (χ1n) is 7.72. The highest BCUT2D eigenvalue weighted by Crippen LogP contribution is 2.23. The van der Waals surface area contributed by atoms with E-state index in [1.807, 2.05) is 19.1 Å². The molecular formula is C17H27NO2. The van der Waals surface area contributed by atoms with Crippen molar-refractivity contribution in [2.45, 2.75) is 64.8 Å². The standard InChI is InChI=1S/C17H27NO2/c1-5-19-17-8-6-15(7-9-17)14(4)18-16-10-12(2)20-13(3)11-16/h6-9,12-14,16,18H,5,10-11H2,1-4H3. The van der Waals surface area contributed by atoms with Crippen LogP contribution in [0, 0.1) is 0 Å². The monoisotopic (exact) mass is 277 g/mol. The second-order valence-corrected chi connectivity index (χ2v) is 5.82. The van der Waals surface area contributed by atoms with Crippen molar-refractivity contribution in [3.63, 3.8) is 0 Å². The van der Waals surface area contributed by atoms with Crippen molar-refractivity contribution in [3.05, 3.63) is 29.8 Å². The fourth-order valence-electron chi connectivity index (χ4n) is 3.01. The van der Waals surface area contributed by atoms with Gasteiger partial charge in [-0.1, -0.05) is 12.1 Å². The van der Waals surface area contributed by atoms with Gasteiger partial charge in [0, 0.05) is 12.1 Å². The normalized spacial score (nSPS) is 28.1. The minimum absolute atomic E-state index is 0.351. The second-order valence-electron chi connectivity index (χ2n) is 5.82. The minimum atomic E-state index is 0.351. The van der Waals surface area contributed by atoms with Gasteiger partial charge >= 0.3 is 0 Å². The van der Waals surface area contributed by atoms with E-state index >= 15 is 0 Å². The van der Waals surface area contributed by atoms with Crippen molar-refractivity contribution in [1.29, 1.82) is 0 Å². The molecule has 0 saturated carbocycles. The molecule has 1 aromatic carbocycles. The highest BCUT2D eigenvalue weighted by atomic mass is 16.5. The molecule has 0 spiro atoms. The number of nitrogens with one attached hydrogen (secondary N) is 1. The molecule has 3 unspecified atom stereocenters. The summed E-state index contributed by atoms with van der Waals surface area (Å²) >= 11 is 0. The Labute approximate surface area is 122 Å². The van der Waals surface area contributed by atoms with E-state index in [-0.39, 0.29) is 0 Å². The van der Waals surface area contributed by atoms with E-state index < -0.39 is 0 Å². The van der Waals surface area contributed by atoms with Crippen LogP contribution < -0.4 is 10.1 Å². The first-order valence-corrected chi connectivity index (χ1v) is 7.72. The molecule has 2 rings (SSSR count). The van der Waals surface area contributed by atoms with Crippen LogP contribution in [0.15, 0.2) is 24.3 Å². The van der Waals surface area contributed by atoms with Crippen LogP contribution in [0.3, 0.4) is 0 Å². The van der Waals surface area contributed by atoms with Gasteiger partial charge < -0.3 is 14.8 Å². The Morgan fingerprint density at radius 3 is 2.35 bits per heavy atom. The summed E-state index contributed by atoms with van der Waals surface area (Å²) in [7, 11) is 0. The Balaban J connectivity index is 1.92. The van der Waals surface area contributed by atoms with Gasteiger partial charge in [-0.2, -0.15) is 0 Å². The third-order valence-electron chi connectivity index (χ3n) is 3.87. The summed E-state index contributed by atoms with van der Waals surface area (Å²) in [6, 6.07) is 9.28. The predicted molar refractivity (Wildman–Crippen MR) is 82.2 cm³/mol. The number of benzene rings is 1. The molecule has 0 aromatic heterocycles. The summed E-state index contributed by atoms with van der Waals surface area (Å²) in [4.78, 5) is 0. The lowest BCUT2D eigenvalue weighted by atomic mass is 9.98. The number of rotatable bonds is 5. The quantitative estimate of drug-likeness (QED) is 0.890. The Hall–Kier alpha value is -1.06. The van der Waals surface area contributed by atoms with Gasteiger partial charge in [-0.15, -0.1) is 0 Å². The van der Waals surface area contributed by atoms with Crippen molar-refractivity contribution < 1.29 is 9.47 Å². The van der Waals surface area contributed by atoms with Gasteiger partial charge in [-0.25, -0.2) is 0 Å². The summed E-state index contributed by atoms with van der Waals surface area (Å²) in [5.74, 6) is 0.941. The molecule has 1 N–H and O–H groups in total. The van der Waals surface area contributed by atoms with Gasteiger partial charge in [0.25, 0.3) is 0 Å². The molecule has 0 radical (unpaired) electrons. The maximum Gasteiger partial charge on any atom is 0.119 e. The maximum atomic E-state index is 5.79. The highest BCUT2D eigenvalue weighted by Gasteiger charge is 2.25. The molecule has 1 aliphatic rings. The number of ether oxygens (including phenoxy) is 2. The van der Waals surface area contributed by atoms with Crippen LogP contribution in [0.1, 0.15) is 52.1 Å². The fraction of sp³-hybridized carbons (Fsp3) is 0.647.